The first-order valence-electron chi connectivity index (χ1n) is 6.96. The molecular weight excluding hydrogens is 278 g/mol. The lowest BCUT2D eigenvalue weighted by Crippen LogP contribution is -2.10. The number of hydrogen-bond acceptors (Lipinski definition) is 5. The van der Waals surface area contributed by atoms with Crippen LogP contribution in [0, 0.1) is 0 Å². The lowest BCUT2D eigenvalue weighted by atomic mass is 10.0. The Balaban J connectivity index is 1.83. The van der Waals surface area contributed by atoms with Gasteiger partial charge < -0.3 is 5.73 Å². The van der Waals surface area contributed by atoms with Crippen molar-refractivity contribution in [1.29, 1.82) is 0 Å². The van der Waals surface area contributed by atoms with Crippen molar-refractivity contribution in [2.75, 3.05) is 5.73 Å². The predicted octanol–water partition coefficient (Wildman–Crippen LogP) is 2.06. The van der Waals surface area contributed by atoms with Crippen molar-refractivity contribution in [3.63, 3.8) is 0 Å². The van der Waals surface area contributed by atoms with Crippen molar-refractivity contribution in [2.45, 2.75) is 12.8 Å². The first-order chi connectivity index (χ1) is 10.8. The summed E-state index contributed by atoms with van der Waals surface area (Å²) in [5.74, 6) is 0.192. The minimum atomic E-state index is 0.0364. The van der Waals surface area contributed by atoms with E-state index in [1.165, 1.54) is 4.68 Å². The van der Waals surface area contributed by atoms with E-state index in [9.17, 15) is 4.79 Å². The molecule has 0 fully saturated rings. The number of Topliss-reactive ketones (excluding diaryl/α,β-unsaturated/α-hetero) is 1. The molecule has 0 spiro atoms. The van der Waals surface area contributed by atoms with Crippen LogP contribution in [0.15, 0.2) is 54.6 Å². The zero-order chi connectivity index (χ0) is 15.4. The van der Waals surface area contributed by atoms with Crippen molar-refractivity contribution < 1.29 is 4.79 Å². The normalized spacial score (nSPS) is 10.5. The highest BCUT2D eigenvalue weighted by atomic mass is 16.1. The molecule has 2 N–H and O–H groups in total. The molecule has 3 rings (SSSR count). The maximum atomic E-state index is 12.5. The van der Waals surface area contributed by atoms with Crippen LogP contribution in [-0.4, -0.2) is 26.0 Å². The topological polar surface area (TPSA) is 86.7 Å². The van der Waals surface area contributed by atoms with E-state index in [1.807, 2.05) is 42.5 Å². The first-order valence-corrected chi connectivity index (χ1v) is 6.96. The van der Waals surface area contributed by atoms with E-state index >= 15 is 0 Å². The Morgan fingerprint density at radius 3 is 2.50 bits per heavy atom. The smallest absolute Gasteiger partial charge is 0.245 e. The Kier molecular flexibility index (Phi) is 3.91. The summed E-state index contributed by atoms with van der Waals surface area (Å²) in [4.78, 5) is 12.5. The number of anilines is 1. The van der Waals surface area contributed by atoms with Gasteiger partial charge in [-0.25, -0.2) is 0 Å². The molecular formula is C16H15N5O. The highest BCUT2D eigenvalue weighted by Gasteiger charge is 2.15. The Bertz CT molecular complexity index is 782. The van der Waals surface area contributed by atoms with Gasteiger partial charge in [-0.2, -0.15) is 4.68 Å². The summed E-state index contributed by atoms with van der Waals surface area (Å²) in [6.07, 6.45) is 1.11. The van der Waals surface area contributed by atoms with Crippen molar-refractivity contribution in [2.24, 2.45) is 0 Å². The molecule has 0 bridgehead atoms. The van der Waals surface area contributed by atoms with Crippen LogP contribution in [0.5, 0.6) is 0 Å². The van der Waals surface area contributed by atoms with Crippen LogP contribution >= 0.6 is 0 Å². The number of aryl methyl sites for hydroxylation is 1. The molecule has 0 saturated heterocycles. The number of nitrogens with zero attached hydrogens (tertiary/aromatic N) is 4. The van der Waals surface area contributed by atoms with Crippen LogP contribution in [0.25, 0.3) is 5.69 Å². The second kappa shape index (κ2) is 6.17. The van der Waals surface area contributed by atoms with Gasteiger partial charge >= 0.3 is 0 Å². The zero-order valence-electron chi connectivity index (χ0n) is 11.9. The van der Waals surface area contributed by atoms with Crippen molar-refractivity contribution in [1.82, 2.24) is 20.2 Å². The first kappa shape index (κ1) is 13.9. The highest BCUT2D eigenvalue weighted by Crippen LogP contribution is 2.18. The molecule has 1 aromatic heterocycles. The molecule has 0 amide bonds. The van der Waals surface area contributed by atoms with Gasteiger partial charge in [-0.1, -0.05) is 47.6 Å². The lowest BCUT2D eigenvalue weighted by molar-refractivity contribution is 0.0982. The number of rotatable bonds is 5. The molecule has 0 saturated carbocycles. The van der Waals surface area contributed by atoms with E-state index in [-0.39, 0.29) is 11.7 Å². The van der Waals surface area contributed by atoms with E-state index < -0.39 is 0 Å². The number of hydrogen-bond donors (Lipinski definition) is 1. The van der Waals surface area contributed by atoms with Gasteiger partial charge in [0.25, 0.3) is 0 Å². The summed E-state index contributed by atoms with van der Waals surface area (Å²) < 4.78 is 1.37. The van der Waals surface area contributed by atoms with E-state index in [1.54, 1.807) is 12.1 Å². The predicted molar refractivity (Wildman–Crippen MR) is 82.7 cm³/mol. The second-order valence-corrected chi connectivity index (χ2v) is 4.87. The quantitative estimate of drug-likeness (QED) is 0.728. The summed E-state index contributed by atoms with van der Waals surface area (Å²) in [5.41, 5.74) is 8.02. The fraction of sp³-hybridized carbons (Fsp3) is 0.125. The maximum absolute atomic E-state index is 12.5. The maximum Gasteiger partial charge on any atom is 0.245 e. The third-order valence-electron chi connectivity index (χ3n) is 3.41. The van der Waals surface area contributed by atoms with Crippen LogP contribution in [0.2, 0.25) is 0 Å². The Hall–Kier alpha value is -3.02. The van der Waals surface area contributed by atoms with Gasteiger partial charge in [0, 0.05) is 12.0 Å². The molecule has 0 atom stereocenters. The summed E-state index contributed by atoms with van der Waals surface area (Å²) in [7, 11) is 0. The molecule has 6 heteroatoms. The van der Waals surface area contributed by atoms with Crippen LogP contribution in [0.3, 0.4) is 0 Å². The van der Waals surface area contributed by atoms with Crippen LogP contribution in [-0.2, 0) is 6.42 Å². The Morgan fingerprint density at radius 1 is 1.05 bits per heavy atom. The molecule has 6 nitrogen and oxygen atoms in total. The van der Waals surface area contributed by atoms with Gasteiger partial charge in [0.15, 0.2) is 5.78 Å². The third kappa shape index (κ3) is 2.85. The molecule has 2 aromatic carbocycles. The number of nitrogen functional groups attached to an aromatic ring is 1. The van der Waals surface area contributed by atoms with Crippen molar-refractivity contribution in [3.8, 4) is 5.69 Å². The van der Waals surface area contributed by atoms with E-state index in [2.05, 4.69) is 15.5 Å². The molecule has 22 heavy (non-hydrogen) atoms. The van der Waals surface area contributed by atoms with Crippen molar-refractivity contribution in [3.05, 3.63) is 65.7 Å². The Labute approximate surface area is 127 Å². The van der Waals surface area contributed by atoms with E-state index in [0.29, 0.717) is 24.1 Å². The minimum absolute atomic E-state index is 0.0364. The Morgan fingerprint density at radius 2 is 1.77 bits per heavy atom. The molecule has 0 aliphatic carbocycles. The van der Waals surface area contributed by atoms with Crippen LogP contribution < -0.4 is 5.73 Å². The average molecular weight is 293 g/mol. The summed E-state index contributed by atoms with van der Waals surface area (Å²) in [5, 5.41) is 11.0. The van der Waals surface area contributed by atoms with Gasteiger partial charge in [0.1, 0.15) is 0 Å². The van der Waals surface area contributed by atoms with E-state index in [0.717, 1.165) is 5.56 Å². The molecule has 1 heterocycles. The molecule has 0 radical (unpaired) electrons. The molecule has 0 aliphatic rings. The average Bonchev–Trinajstić information content (AvgIpc) is 2.99. The van der Waals surface area contributed by atoms with Crippen LogP contribution in [0.1, 0.15) is 22.3 Å². The number of carbonyl (C=O) groups is 1. The SMILES string of the molecule is Nc1nnnn1-c1ccccc1C(=O)CCc1ccccc1. The van der Waals surface area contributed by atoms with Crippen LogP contribution in [0.4, 0.5) is 5.95 Å². The fourth-order valence-electron chi connectivity index (χ4n) is 2.30. The van der Waals surface area contributed by atoms with Gasteiger partial charge in [-0.15, -0.1) is 0 Å². The van der Waals surface area contributed by atoms with Gasteiger partial charge in [0.2, 0.25) is 5.95 Å². The van der Waals surface area contributed by atoms with Gasteiger partial charge in [-0.3, -0.25) is 4.79 Å². The van der Waals surface area contributed by atoms with Crippen molar-refractivity contribution >= 4 is 11.7 Å². The number of aromatic nitrogens is 4. The fourth-order valence-corrected chi connectivity index (χ4v) is 2.30. The van der Waals surface area contributed by atoms with Gasteiger partial charge in [-0.05, 0) is 34.5 Å². The monoisotopic (exact) mass is 293 g/mol. The van der Waals surface area contributed by atoms with E-state index in [4.69, 9.17) is 5.73 Å². The summed E-state index contributed by atoms with van der Waals surface area (Å²) >= 11 is 0. The third-order valence-corrected chi connectivity index (χ3v) is 3.41. The highest BCUT2D eigenvalue weighted by molar-refractivity contribution is 5.99. The molecule has 0 aliphatic heterocycles. The standard InChI is InChI=1S/C16H15N5O/c17-16-18-19-20-21(16)14-9-5-4-8-13(14)15(22)11-10-12-6-2-1-3-7-12/h1-9H,10-11H2,(H2,17,18,20). The number of benzene rings is 2. The minimum Gasteiger partial charge on any atom is -0.366 e. The molecule has 0 unspecified atom stereocenters. The largest absolute Gasteiger partial charge is 0.366 e. The zero-order valence-corrected chi connectivity index (χ0v) is 11.9. The number of ketones is 1. The molecule has 3 aromatic rings. The summed E-state index contributed by atoms with van der Waals surface area (Å²) in [6, 6.07) is 17.1. The summed E-state index contributed by atoms with van der Waals surface area (Å²) in [6.45, 7) is 0. The number of nitrogens with two attached hydrogens (primary N) is 1. The number of para-hydroxylation sites is 1. The lowest BCUT2D eigenvalue weighted by Gasteiger charge is -2.08. The number of carbonyl (C=O) groups excluding carboxylic acids is 1. The van der Waals surface area contributed by atoms with Gasteiger partial charge in [0.05, 0.1) is 5.69 Å². The number of tetrazole rings is 1. The second-order valence-electron chi connectivity index (χ2n) is 4.87. The molecule has 110 valence electrons.